The molecule has 1 amide bonds. The van der Waals surface area contributed by atoms with Gasteiger partial charge < -0.3 is 29.0 Å². The maximum Gasteiger partial charge on any atom is 0.234 e. The van der Waals surface area contributed by atoms with Gasteiger partial charge in [-0.25, -0.2) is 0 Å². The van der Waals surface area contributed by atoms with Crippen molar-refractivity contribution >= 4 is 5.91 Å². The van der Waals surface area contributed by atoms with Crippen molar-refractivity contribution < 1.29 is 28.5 Å². The molecule has 0 spiro atoms. The molecule has 2 heterocycles. The van der Waals surface area contributed by atoms with Gasteiger partial charge in [-0.05, 0) is 43.1 Å². The van der Waals surface area contributed by atoms with E-state index in [-0.39, 0.29) is 11.9 Å². The summed E-state index contributed by atoms with van der Waals surface area (Å²) in [5.41, 5.74) is 1.98. The molecule has 0 saturated carbocycles. The van der Waals surface area contributed by atoms with Gasteiger partial charge in [-0.1, -0.05) is 6.07 Å². The van der Waals surface area contributed by atoms with Crippen molar-refractivity contribution in [3.63, 3.8) is 0 Å². The summed E-state index contributed by atoms with van der Waals surface area (Å²) in [6.45, 7) is 2.69. The van der Waals surface area contributed by atoms with Gasteiger partial charge in [-0.3, -0.25) is 9.69 Å². The molecular weight excluding hydrogens is 412 g/mol. The highest BCUT2D eigenvalue weighted by Gasteiger charge is 2.28. The van der Waals surface area contributed by atoms with E-state index in [1.165, 1.54) is 0 Å². The van der Waals surface area contributed by atoms with Gasteiger partial charge in [0.15, 0.2) is 23.0 Å². The van der Waals surface area contributed by atoms with Crippen LogP contribution < -0.4 is 29.0 Å². The van der Waals surface area contributed by atoms with Crippen LogP contribution in [0.2, 0.25) is 0 Å². The van der Waals surface area contributed by atoms with Crippen LogP contribution in [0, 0.1) is 0 Å². The molecule has 1 atom stereocenters. The second-order valence-corrected chi connectivity index (χ2v) is 7.83. The summed E-state index contributed by atoms with van der Waals surface area (Å²) >= 11 is 0. The van der Waals surface area contributed by atoms with Crippen LogP contribution in [0.15, 0.2) is 30.3 Å². The standard InChI is InChI=1S/C24H30N2O6/c1-28-20-13-22(30-3)21(29-2)12-17(20)14-25-24(27)15-26-8-4-5-18(26)16-6-7-19-23(11-16)32-10-9-31-19/h6-7,11-13,18H,4-5,8-10,14-15H2,1-3H3,(H,25,27). The summed E-state index contributed by atoms with van der Waals surface area (Å²) < 4.78 is 27.5. The van der Waals surface area contributed by atoms with E-state index in [9.17, 15) is 4.79 Å². The molecule has 0 aromatic heterocycles. The number of nitrogens with one attached hydrogen (secondary N) is 1. The number of nitrogens with zero attached hydrogens (tertiary/aromatic N) is 1. The minimum Gasteiger partial charge on any atom is -0.496 e. The van der Waals surface area contributed by atoms with E-state index in [0.29, 0.717) is 43.6 Å². The number of carbonyl (C=O) groups is 1. The molecular formula is C24H30N2O6. The maximum absolute atomic E-state index is 12.8. The van der Waals surface area contributed by atoms with Crippen molar-refractivity contribution in [1.29, 1.82) is 0 Å². The number of carbonyl (C=O) groups excluding carboxylic acids is 1. The van der Waals surface area contributed by atoms with Crippen molar-refractivity contribution in [3.8, 4) is 28.7 Å². The van der Waals surface area contributed by atoms with Gasteiger partial charge >= 0.3 is 0 Å². The largest absolute Gasteiger partial charge is 0.496 e. The Labute approximate surface area is 188 Å². The lowest BCUT2D eigenvalue weighted by molar-refractivity contribution is -0.122. The number of amides is 1. The summed E-state index contributed by atoms with van der Waals surface area (Å²) in [7, 11) is 4.75. The average molecular weight is 443 g/mol. The molecule has 4 rings (SSSR count). The third kappa shape index (κ3) is 4.70. The van der Waals surface area contributed by atoms with E-state index in [1.807, 2.05) is 18.2 Å². The van der Waals surface area contributed by atoms with E-state index in [4.69, 9.17) is 23.7 Å². The fourth-order valence-corrected chi connectivity index (χ4v) is 4.32. The Kier molecular flexibility index (Phi) is 6.90. The molecule has 2 aromatic rings. The number of methoxy groups -OCH3 is 3. The van der Waals surface area contributed by atoms with Crippen molar-refractivity contribution in [1.82, 2.24) is 10.2 Å². The summed E-state index contributed by atoms with van der Waals surface area (Å²) in [6, 6.07) is 9.85. The zero-order valence-electron chi connectivity index (χ0n) is 18.8. The van der Waals surface area contributed by atoms with Crippen LogP contribution >= 0.6 is 0 Å². The fraction of sp³-hybridized carbons (Fsp3) is 0.458. The predicted octanol–water partition coefficient (Wildman–Crippen LogP) is 2.94. The van der Waals surface area contributed by atoms with E-state index in [1.54, 1.807) is 27.4 Å². The van der Waals surface area contributed by atoms with E-state index < -0.39 is 0 Å². The zero-order valence-corrected chi connectivity index (χ0v) is 18.8. The Morgan fingerprint density at radius 2 is 1.72 bits per heavy atom. The second-order valence-electron chi connectivity index (χ2n) is 7.83. The Morgan fingerprint density at radius 3 is 2.47 bits per heavy atom. The second kappa shape index (κ2) is 9.99. The van der Waals surface area contributed by atoms with Gasteiger partial charge in [0.05, 0.1) is 27.9 Å². The summed E-state index contributed by atoms with van der Waals surface area (Å²) in [4.78, 5) is 15.0. The summed E-state index contributed by atoms with van der Waals surface area (Å²) in [5.74, 6) is 3.34. The Hall–Kier alpha value is -3.13. The SMILES string of the molecule is COc1cc(OC)c(OC)cc1CNC(=O)CN1CCCC1c1ccc2c(c1)OCCO2. The molecule has 2 aliphatic rings. The number of hydrogen-bond donors (Lipinski definition) is 1. The first-order valence-electron chi connectivity index (χ1n) is 10.8. The lowest BCUT2D eigenvalue weighted by Gasteiger charge is -2.26. The molecule has 2 aliphatic heterocycles. The number of ether oxygens (including phenoxy) is 5. The van der Waals surface area contributed by atoms with Gasteiger partial charge in [0.1, 0.15) is 19.0 Å². The normalized spacial score (nSPS) is 17.7. The molecule has 0 bridgehead atoms. The molecule has 0 radical (unpaired) electrons. The van der Waals surface area contributed by atoms with Crippen molar-refractivity contribution in [3.05, 3.63) is 41.5 Å². The number of benzene rings is 2. The smallest absolute Gasteiger partial charge is 0.234 e. The Bertz CT molecular complexity index is 964. The van der Waals surface area contributed by atoms with Crippen LogP contribution in [0.3, 0.4) is 0 Å². The third-order valence-corrected chi connectivity index (χ3v) is 5.92. The minimum absolute atomic E-state index is 0.0359. The van der Waals surface area contributed by atoms with Gasteiger partial charge in [0.25, 0.3) is 0 Å². The number of fused-ring (bicyclic) bond motifs is 1. The monoisotopic (exact) mass is 442 g/mol. The molecule has 8 heteroatoms. The van der Waals surface area contributed by atoms with E-state index >= 15 is 0 Å². The molecule has 172 valence electrons. The first-order valence-corrected chi connectivity index (χ1v) is 10.8. The molecule has 1 unspecified atom stereocenters. The van der Waals surface area contributed by atoms with E-state index in [0.717, 1.165) is 42.0 Å². The highest BCUT2D eigenvalue weighted by Crippen LogP contribution is 2.38. The van der Waals surface area contributed by atoms with Crippen LogP contribution in [0.25, 0.3) is 0 Å². The van der Waals surface area contributed by atoms with Gasteiger partial charge in [0.2, 0.25) is 5.91 Å². The molecule has 2 aromatic carbocycles. The minimum atomic E-state index is -0.0359. The first-order chi connectivity index (χ1) is 15.6. The first kappa shape index (κ1) is 22.1. The maximum atomic E-state index is 12.8. The Morgan fingerprint density at radius 1 is 1.00 bits per heavy atom. The van der Waals surface area contributed by atoms with Crippen LogP contribution in [-0.4, -0.2) is 58.4 Å². The van der Waals surface area contributed by atoms with Crippen LogP contribution in [0.5, 0.6) is 28.7 Å². The highest BCUT2D eigenvalue weighted by molar-refractivity contribution is 5.78. The number of likely N-dealkylation sites (tertiary alicyclic amines) is 1. The highest BCUT2D eigenvalue weighted by atomic mass is 16.6. The van der Waals surface area contributed by atoms with E-state index in [2.05, 4.69) is 16.3 Å². The molecule has 8 nitrogen and oxygen atoms in total. The quantitative estimate of drug-likeness (QED) is 0.673. The van der Waals surface area contributed by atoms with Gasteiger partial charge in [0, 0.05) is 24.2 Å². The van der Waals surface area contributed by atoms with Crippen LogP contribution in [-0.2, 0) is 11.3 Å². The van der Waals surface area contributed by atoms with Crippen molar-refractivity contribution in [2.24, 2.45) is 0 Å². The lowest BCUT2D eigenvalue weighted by atomic mass is 10.0. The lowest BCUT2D eigenvalue weighted by Crippen LogP contribution is -2.36. The fourth-order valence-electron chi connectivity index (χ4n) is 4.32. The Balaban J connectivity index is 1.40. The van der Waals surface area contributed by atoms with Crippen molar-refractivity contribution in [2.75, 3.05) is 47.6 Å². The molecule has 1 saturated heterocycles. The third-order valence-electron chi connectivity index (χ3n) is 5.92. The van der Waals surface area contributed by atoms with Crippen molar-refractivity contribution in [2.45, 2.75) is 25.4 Å². The topological polar surface area (TPSA) is 78.5 Å². The predicted molar refractivity (Wildman–Crippen MR) is 119 cm³/mol. The molecule has 1 N–H and O–H groups in total. The molecule has 1 fully saturated rings. The molecule has 0 aliphatic carbocycles. The summed E-state index contributed by atoms with van der Waals surface area (Å²) in [6.07, 6.45) is 2.06. The zero-order chi connectivity index (χ0) is 22.5. The number of rotatable bonds is 8. The summed E-state index contributed by atoms with van der Waals surface area (Å²) in [5, 5.41) is 3.01. The molecule has 32 heavy (non-hydrogen) atoms. The average Bonchev–Trinajstić information content (AvgIpc) is 3.29. The van der Waals surface area contributed by atoms with Crippen LogP contribution in [0.4, 0.5) is 0 Å². The van der Waals surface area contributed by atoms with Gasteiger partial charge in [-0.2, -0.15) is 0 Å². The van der Waals surface area contributed by atoms with Gasteiger partial charge in [-0.15, -0.1) is 0 Å². The van der Waals surface area contributed by atoms with Crippen LogP contribution in [0.1, 0.15) is 30.0 Å². The number of hydrogen-bond acceptors (Lipinski definition) is 7.